The molecule has 0 spiro atoms. The lowest BCUT2D eigenvalue weighted by Gasteiger charge is -2.23. The van der Waals surface area contributed by atoms with Crippen molar-refractivity contribution in [2.24, 2.45) is 0 Å². The van der Waals surface area contributed by atoms with Gasteiger partial charge in [-0.3, -0.25) is 0 Å². The number of nitriles is 1. The van der Waals surface area contributed by atoms with Crippen molar-refractivity contribution >= 4 is 57.2 Å². The summed E-state index contributed by atoms with van der Waals surface area (Å²) in [5.74, 6) is 3.04. The van der Waals surface area contributed by atoms with E-state index < -0.39 is 0 Å². The number of ether oxygens (including phenoxy) is 6. The van der Waals surface area contributed by atoms with Crippen LogP contribution in [-0.2, 0) is 28.4 Å². The molecule has 0 aliphatic heterocycles. The third-order valence-corrected chi connectivity index (χ3v) is 7.73. The van der Waals surface area contributed by atoms with Gasteiger partial charge in [0, 0.05) is 100 Å². The first-order chi connectivity index (χ1) is 27.2. The maximum absolute atomic E-state index is 8.84. The van der Waals surface area contributed by atoms with Crippen LogP contribution in [0.4, 0.5) is 34.2 Å². The fraction of sp³-hybridized carbons (Fsp3) is 0.529. The Labute approximate surface area is 337 Å². The Morgan fingerprint density at radius 1 is 0.643 bits per heavy atom. The van der Waals surface area contributed by atoms with E-state index in [1.807, 2.05) is 11.0 Å². The maximum Gasteiger partial charge on any atom is 0.189 e. The molecule has 6 N–H and O–H groups in total. The van der Waals surface area contributed by atoms with Crippen molar-refractivity contribution in [1.82, 2.24) is 40.2 Å². The van der Waals surface area contributed by atoms with Gasteiger partial charge in [-0.25, -0.2) is 34.9 Å². The number of halogens is 1. The van der Waals surface area contributed by atoms with Crippen molar-refractivity contribution in [3.05, 3.63) is 53.4 Å². The first-order valence-electron chi connectivity index (χ1n) is 17.1. The van der Waals surface area contributed by atoms with Gasteiger partial charge < -0.3 is 60.3 Å². The van der Waals surface area contributed by atoms with E-state index in [4.69, 9.17) is 56.8 Å². The molecule has 0 saturated carbocycles. The minimum atomic E-state index is 0.373. The first kappa shape index (κ1) is 49.4. The first-order valence-corrected chi connectivity index (χ1v) is 18.3. The van der Waals surface area contributed by atoms with Crippen molar-refractivity contribution in [3.8, 4) is 6.07 Å². The Hall–Kier alpha value is -4.63. The second kappa shape index (κ2) is 32.6. The van der Waals surface area contributed by atoms with Crippen molar-refractivity contribution < 1.29 is 28.4 Å². The lowest BCUT2D eigenvalue weighted by atomic mass is 10.4. The number of nitrogen functional groups attached to an aromatic ring is 2. The summed E-state index contributed by atoms with van der Waals surface area (Å²) < 4.78 is 30.0. The lowest BCUT2D eigenvalue weighted by molar-refractivity contribution is 0.180. The Bertz CT molecular complexity index is 1570. The van der Waals surface area contributed by atoms with Crippen LogP contribution < -0.4 is 31.9 Å². The number of methoxy groups -OCH3 is 6. The number of thiazole rings is 1. The highest BCUT2D eigenvalue weighted by Gasteiger charge is 2.11. The fourth-order valence-corrected chi connectivity index (χ4v) is 4.70. The molecule has 20 nitrogen and oxygen atoms in total. The monoisotopic (exact) mass is 822 g/mol. The number of hydrogen-bond acceptors (Lipinski definition) is 21. The van der Waals surface area contributed by atoms with Crippen LogP contribution in [0.1, 0.15) is 4.88 Å². The molecule has 0 aliphatic rings. The van der Waals surface area contributed by atoms with Crippen LogP contribution in [0, 0.1) is 11.3 Å². The van der Waals surface area contributed by atoms with Crippen LogP contribution in [0.25, 0.3) is 0 Å². The zero-order chi connectivity index (χ0) is 41.2. The Balaban J connectivity index is 0.000000410. The SMILES string of the molecule is COCCN(CCOC)c1cc(N)ncn1.COCCN(CCOC)c1cc(Nc2ncc(C#N)s2)ncn1.COCCNCCOC.Nc1cc(Cl)ncn1. The van der Waals surface area contributed by atoms with Gasteiger partial charge >= 0.3 is 0 Å². The fourth-order valence-electron chi connectivity index (χ4n) is 3.92. The van der Waals surface area contributed by atoms with Crippen molar-refractivity contribution in [1.29, 1.82) is 5.26 Å². The number of nitrogens with two attached hydrogens (primary N) is 2. The summed E-state index contributed by atoms with van der Waals surface area (Å²) in [6.07, 6.45) is 5.79. The Kier molecular flexibility index (Phi) is 28.7. The summed E-state index contributed by atoms with van der Waals surface area (Å²) in [6, 6.07) is 7.12. The standard InChI is InChI=1S/C14H18N6O2S.C10H18N4O2.C6H15NO2.C4H4ClN3/c1-21-5-3-20(4-6-22-2)13-7-12(17-10-18-13)19-14-16-9-11(8-15)23-14;1-15-5-3-14(4-6-16-2)10-7-9(11)12-8-13-10;1-8-5-3-7-4-6-9-2;5-3-1-4(6)8-2-7-3/h7,9-10H,3-6H2,1-2H3,(H,16,17,18,19);7-8H,3-6H2,1-2H3,(H2,11,12,13);7H,3-6H2,1-2H3;1-2H,(H2,6,7,8). The highest BCUT2D eigenvalue weighted by atomic mass is 35.5. The molecule has 4 aromatic heterocycles. The second-order valence-corrected chi connectivity index (χ2v) is 12.2. The van der Waals surface area contributed by atoms with Gasteiger partial charge in [0.25, 0.3) is 0 Å². The molecule has 0 amide bonds. The summed E-state index contributed by atoms with van der Waals surface area (Å²) in [7, 11) is 10.1. The van der Waals surface area contributed by atoms with E-state index in [2.05, 4.69) is 56.5 Å². The Morgan fingerprint density at radius 2 is 1.11 bits per heavy atom. The summed E-state index contributed by atoms with van der Waals surface area (Å²) in [4.78, 5) is 32.5. The minimum Gasteiger partial charge on any atom is -0.384 e. The highest BCUT2D eigenvalue weighted by molar-refractivity contribution is 7.16. The molecule has 310 valence electrons. The normalized spacial score (nSPS) is 10.1. The molecule has 56 heavy (non-hydrogen) atoms. The number of hydrogen-bond donors (Lipinski definition) is 4. The van der Waals surface area contributed by atoms with E-state index in [1.54, 1.807) is 48.7 Å². The molecule has 4 heterocycles. The number of anilines is 6. The van der Waals surface area contributed by atoms with E-state index in [9.17, 15) is 0 Å². The number of nitrogens with zero attached hydrogens (tertiary/aromatic N) is 10. The molecular weight excluding hydrogens is 768 g/mol. The molecule has 0 aliphatic carbocycles. The molecule has 0 radical (unpaired) electrons. The van der Waals surface area contributed by atoms with Crippen molar-refractivity contribution in [2.45, 2.75) is 0 Å². The van der Waals surface area contributed by atoms with Crippen LogP contribution >= 0.6 is 22.9 Å². The van der Waals surface area contributed by atoms with E-state index in [-0.39, 0.29) is 0 Å². The van der Waals surface area contributed by atoms with Crippen LogP contribution in [0.5, 0.6) is 0 Å². The molecule has 0 saturated heterocycles. The van der Waals surface area contributed by atoms with Gasteiger partial charge in [-0.05, 0) is 0 Å². The van der Waals surface area contributed by atoms with E-state index in [0.717, 1.165) is 51.0 Å². The highest BCUT2D eigenvalue weighted by Crippen LogP contribution is 2.22. The lowest BCUT2D eigenvalue weighted by Crippen LogP contribution is -2.31. The zero-order valence-electron chi connectivity index (χ0n) is 32.9. The molecule has 0 unspecified atom stereocenters. The third-order valence-electron chi connectivity index (χ3n) is 6.71. The van der Waals surface area contributed by atoms with Crippen LogP contribution in [0.15, 0.2) is 43.4 Å². The van der Waals surface area contributed by atoms with Gasteiger partial charge in [0.2, 0.25) is 0 Å². The van der Waals surface area contributed by atoms with Gasteiger partial charge in [0.1, 0.15) is 64.2 Å². The average Bonchev–Trinajstić information content (AvgIpc) is 3.66. The van der Waals surface area contributed by atoms with E-state index >= 15 is 0 Å². The van der Waals surface area contributed by atoms with Crippen LogP contribution in [0.2, 0.25) is 5.15 Å². The predicted molar refractivity (Wildman–Crippen MR) is 219 cm³/mol. The largest absolute Gasteiger partial charge is 0.384 e. The molecule has 4 aromatic rings. The number of rotatable bonds is 22. The molecule has 22 heteroatoms. The van der Waals surface area contributed by atoms with Crippen molar-refractivity contribution in [2.75, 3.05) is 148 Å². The molecule has 4 rings (SSSR count). The minimum absolute atomic E-state index is 0.373. The molecule has 0 fully saturated rings. The molecular formula is C34H55ClN14O6S. The summed E-state index contributed by atoms with van der Waals surface area (Å²) in [5.41, 5.74) is 10.8. The van der Waals surface area contributed by atoms with Gasteiger partial charge in [-0.2, -0.15) is 5.26 Å². The van der Waals surface area contributed by atoms with Crippen LogP contribution in [0.3, 0.4) is 0 Å². The number of aromatic nitrogens is 7. The zero-order valence-corrected chi connectivity index (χ0v) is 34.5. The quantitative estimate of drug-likeness (QED) is 0.0656. The van der Waals surface area contributed by atoms with Gasteiger partial charge in [-0.1, -0.05) is 22.9 Å². The molecule has 0 bridgehead atoms. The molecule has 0 atom stereocenters. The van der Waals surface area contributed by atoms with Gasteiger partial charge in [0.05, 0.1) is 45.8 Å². The van der Waals surface area contributed by atoms with E-state index in [0.29, 0.717) is 72.1 Å². The smallest absolute Gasteiger partial charge is 0.189 e. The third kappa shape index (κ3) is 23.3. The second-order valence-electron chi connectivity index (χ2n) is 10.8. The number of nitrogens with one attached hydrogen (secondary N) is 2. The van der Waals surface area contributed by atoms with Gasteiger partial charge in [0.15, 0.2) is 5.13 Å². The summed E-state index contributed by atoms with van der Waals surface area (Å²) in [5, 5.41) is 16.0. The van der Waals surface area contributed by atoms with Crippen LogP contribution in [-0.4, -0.2) is 156 Å². The van der Waals surface area contributed by atoms with Crippen molar-refractivity contribution in [3.63, 3.8) is 0 Å². The topological polar surface area (TPSA) is 252 Å². The Morgan fingerprint density at radius 3 is 1.52 bits per heavy atom. The van der Waals surface area contributed by atoms with E-state index in [1.165, 1.54) is 42.6 Å². The average molecular weight is 823 g/mol. The predicted octanol–water partition coefficient (Wildman–Crippen LogP) is 2.39. The summed E-state index contributed by atoms with van der Waals surface area (Å²) in [6.45, 7) is 8.68. The van der Waals surface area contributed by atoms with Gasteiger partial charge in [-0.15, -0.1) is 0 Å². The summed E-state index contributed by atoms with van der Waals surface area (Å²) >= 11 is 6.69. The maximum atomic E-state index is 8.84. The molecule has 0 aromatic carbocycles.